The summed E-state index contributed by atoms with van der Waals surface area (Å²) in [5.74, 6) is -0.551. The molecule has 0 atom stereocenters. The minimum Gasteiger partial charge on any atom is -0.322 e. The molecule has 0 fully saturated rings. The fourth-order valence-corrected chi connectivity index (χ4v) is 2.16. The van der Waals surface area contributed by atoms with Crippen LogP contribution in [-0.2, 0) is 6.42 Å². The van der Waals surface area contributed by atoms with E-state index in [9.17, 15) is 14.9 Å². The highest BCUT2D eigenvalue weighted by atomic mass is 35.5. The van der Waals surface area contributed by atoms with Crippen molar-refractivity contribution in [2.24, 2.45) is 0 Å². The number of hydrogen-bond acceptors (Lipinski definition) is 3. The van der Waals surface area contributed by atoms with Gasteiger partial charge in [0.2, 0.25) is 0 Å². The van der Waals surface area contributed by atoms with E-state index in [2.05, 4.69) is 5.32 Å². The molecule has 108 valence electrons. The van der Waals surface area contributed by atoms with Gasteiger partial charge in [0.1, 0.15) is 5.56 Å². The number of nitrogens with one attached hydrogen (secondary N) is 1. The molecule has 6 heteroatoms. The first kappa shape index (κ1) is 15.0. The van der Waals surface area contributed by atoms with E-state index in [1.54, 1.807) is 12.1 Å². The van der Waals surface area contributed by atoms with Gasteiger partial charge in [-0.05, 0) is 30.2 Å². The van der Waals surface area contributed by atoms with Crippen molar-refractivity contribution in [3.8, 4) is 0 Å². The van der Waals surface area contributed by atoms with Crippen molar-refractivity contribution in [1.29, 1.82) is 0 Å². The molecular formula is C15H13ClN2O3. The average molecular weight is 305 g/mol. The summed E-state index contributed by atoms with van der Waals surface area (Å²) in [7, 11) is 0. The van der Waals surface area contributed by atoms with Gasteiger partial charge in [-0.15, -0.1) is 0 Å². The Kier molecular flexibility index (Phi) is 4.55. The number of nitrogens with zero attached hydrogens (tertiary/aromatic N) is 1. The fraction of sp³-hybridized carbons (Fsp3) is 0.133. The number of benzene rings is 2. The minimum atomic E-state index is -0.600. The number of amides is 1. The number of rotatable bonds is 4. The van der Waals surface area contributed by atoms with E-state index in [4.69, 9.17) is 11.6 Å². The predicted molar refractivity (Wildman–Crippen MR) is 81.9 cm³/mol. The van der Waals surface area contributed by atoms with Crippen molar-refractivity contribution in [1.82, 2.24) is 0 Å². The number of nitro groups is 1. The third kappa shape index (κ3) is 3.38. The van der Waals surface area contributed by atoms with Gasteiger partial charge >= 0.3 is 0 Å². The van der Waals surface area contributed by atoms with E-state index in [1.165, 1.54) is 18.2 Å². The summed E-state index contributed by atoms with van der Waals surface area (Å²) in [6, 6.07) is 11.2. The van der Waals surface area contributed by atoms with Gasteiger partial charge in [-0.3, -0.25) is 14.9 Å². The van der Waals surface area contributed by atoms with Crippen LogP contribution in [0.2, 0.25) is 5.02 Å². The number of carbonyl (C=O) groups is 1. The molecule has 1 N–H and O–H groups in total. The van der Waals surface area contributed by atoms with E-state index in [1.807, 2.05) is 19.1 Å². The number of nitro benzene ring substituents is 1. The van der Waals surface area contributed by atoms with Crippen LogP contribution in [0.1, 0.15) is 22.8 Å². The predicted octanol–water partition coefficient (Wildman–Crippen LogP) is 4.06. The third-order valence-corrected chi connectivity index (χ3v) is 3.28. The molecule has 2 aromatic rings. The lowest BCUT2D eigenvalue weighted by atomic mass is 10.1. The monoisotopic (exact) mass is 304 g/mol. The lowest BCUT2D eigenvalue weighted by Crippen LogP contribution is -2.15. The summed E-state index contributed by atoms with van der Waals surface area (Å²) in [5.41, 5.74) is 1.26. The van der Waals surface area contributed by atoms with Crippen LogP contribution in [0, 0.1) is 10.1 Å². The summed E-state index contributed by atoms with van der Waals surface area (Å²) in [5, 5.41) is 14.0. The zero-order valence-corrected chi connectivity index (χ0v) is 12.1. The molecule has 0 bridgehead atoms. The first-order valence-electron chi connectivity index (χ1n) is 6.36. The van der Waals surface area contributed by atoms with Crippen molar-refractivity contribution < 1.29 is 9.72 Å². The van der Waals surface area contributed by atoms with Crippen molar-refractivity contribution in [3.05, 3.63) is 68.7 Å². The van der Waals surface area contributed by atoms with Crippen LogP contribution in [0.15, 0.2) is 42.5 Å². The molecule has 0 saturated heterocycles. The molecule has 1 amide bonds. The molecule has 0 radical (unpaired) electrons. The molecule has 0 aliphatic carbocycles. The van der Waals surface area contributed by atoms with Crippen molar-refractivity contribution in [2.45, 2.75) is 13.3 Å². The summed E-state index contributed by atoms with van der Waals surface area (Å²) in [6.45, 7) is 1.97. The third-order valence-electron chi connectivity index (χ3n) is 3.05. The Morgan fingerprint density at radius 1 is 1.29 bits per heavy atom. The quantitative estimate of drug-likeness (QED) is 0.683. The fourth-order valence-electron chi connectivity index (χ4n) is 1.99. The zero-order chi connectivity index (χ0) is 15.4. The molecule has 0 spiro atoms. The normalized spacial score (nSPS) is 10.2. The second-order valence-corrected chi connectivity index (χ2v) is 4.82. The molecule has 2 rings (SSSR count). The van der Waals surface area contributed by atoms with Gasteiger partial charge in [0.05, 0.1) is 4.92 Å². The maximum absolute atomic E-state index is 12.3. The SMILES string of the molecule is CCc1ccccc1NC(=O)c1cc(Cl)ccc1[N+](=O)[O-]. The molecule has 0 aliphatic rings. The van der Waals surface area contributed by atoms with E-state index in [0.29, 0.717) is 5.69 Å². The van der Waals surface area contributed by atoms with E-state index >= 15 is 0 Å². The lowest BCUT2D eigenvalue weighted by Gasteiger charge is -2.10. The van der Waals surface area contributed by atoms with Crippen LogP contribution >= 0.6 is 11.6 Å². The first-order valence-corrected chi connectivity index (χ1v) is 6.74. The Hall–Kier alpha value is -2.40. The number of para-hydroxylation sites is 1. The van der Waals surface area contributed by atoms with Crippen LogP contribution in [0.25, 0.3) is 0 Å². The lowest BCUT2D eigenvalue weighted by molar-refractivity contribution is -0.385. The van der Waals surface area contributed by atoms with Crippen LogP contribution < -0.4 is 5.32 Å². The summed E-state index contributed by atoms with van der Waals surface area (Å²) in [6.07, 6.45) is 0.744. The smallest absolute Gasteiger partial charge is 0.282 e. The van der Waals surface area contributed by atoms with Gasteiger partial charge in [-0.25, -0.2) is 0 Å². The number of anilines is 1. The topological polar surface area (TPSA) is 72.2 Å². The Morgan fingerprint density at radius 3 is 2.67 bits per heavy atom. The molecule has 0 unspecified atom stereocenters. The number of hydrogen-bond donors (Lipinski definition) is 1. The van der Waals surface area contributed by atoms with E-state index in [0.717, 1.165) is 12.0 Å². The summed E-state index contributed by atoms with van der Waals surface area (Å²) >= 11 is 5.82. The second kappa shape index (κ2) is 6.37. The summed E-state index contributed by atoms with van der Waals surface area (Å²) < 4.78 is 0. The van der Waals surface area contributed by atoms with Crippen molar-refractivity contribution in [2.75, 3.05) is 5.32 Å². The van der Waals surface area contributed by atoms with Gasteiger partial charge in [0.25, 0.3) is 11.6 Å². The number of carbonyl (C=O) groups excluding carboxylic acids is 1. The molecule has 5 nitrogen and oxygen atoms in total. The Bertz CT molecular complexity index is 701. The standard InChI is InChI=1S/C15H13ClN2O3/c1-2-10-5-3-4-6-13(10)17-15(19)12-9-11(16)7-8-14(12)18(20)21/h3-9H,2H2,1H3,(H,17,19). The van der Waals surface area contributed by atoms with Crippen molar-refractivity contribution >= 4 is 28.9 Å². The van der Waals surface area contributed by atoms with Crippen LogP contribution in [0.4, 0.5) is 11.4 Å². The Morgan fingerprint density at radius 2 is 2.00 bits per heavy atom. The van der Waals surface area contributed by atoms with Crippen LogP contribution in [0.3, 0.4) is 0 Å². The van der Waals surface area contributed by atoms with E-state index in [-0.39, 0.29) is 16.3 Å². The molecule has 0 aliphatic heterocycles. The molecule has 0 aromatic heterocycles. The van der Waals surface area contributed by atoms with E-state index < -0.39 is 10.8 Å². The Labute approximate surface area is 126 Å². The molecule has 0 saturated carbocycles. The maximum atomic E-state index is 12.3. The van der Waals surface area contributed by atoms with Gasteiger partial charge in [0, 0.05) is 16.8 Å². The average Bonchev–Trinajstić information content (AvgIpc) is 2.47. The highest BCUT2D eigenvalue weighted by molar-refractivity contribution is 6.31. The van der Waals surface area contributed by atoms with Gasteiger partial charge in [-0.2, -0.15) is 0 Å². The first-order chi connectivity index (χ1) is 10.0. The number of halogens is 1. The van der Waals surface area contributed by atoms with Crippen molar-refractivity contribution in [3.63, 3.8) is 0 Å². The minimum absolute atomic E-state index is 0.0570. The summed E-state index contributed by atoms with van der Waals surface area (Å²) in [4.78, 5) is 22.7. The zero-order valence-electron chi connectivity index (χ0n) is 11.3. The van der Waals surface area contributed by atoms with Gasteiger partial charge in [-0.1, -0.05) is 36.7 Å². The van der Waals surface area contributed by atoms with Crippen LogP contribution in [0.5, 0.6) is 0 Å². The molecule has 21 heavy (non-hydrogen) atoms. The van der Waals surface area contributed by atoms with Gasteiger partial charge < -0.3 is 5.32 Å². The highest BCUT2D eigenvalue weighted by Crippen LogP contribution is 2.24. The highest BCUT2D eigenvalue weighted by Gasteiger charge is 2.21. The van der Waals surface area contributed by atoms with Gasteiger partial charge in [0.15, 0.2) is 0 Å². The molecule has 0 heterocycles. The van der Waals surface area contributed by atoms with Crippen LogP contribution in [-0.4, -0.2) is 10.8 Å². The maximum Gasteiger partial charge on any atom is 0.282 e. The largest absolute Gasteiger partial charge is 0.322 e. The Balaban J connectivity index is 2.37. The molecule has 2 aromatic carbocycles. The second-order valence-electron chi connectivity index (χ2n) is 4.38. The molecular weight excluding hydrogens is 292 g/mol. The number of aryl methyl sites for hydroxylation is 1.